The van der Waals surface area contributed by atoms with Crippen molar-refractivity contribution in [2.24, 2.45) is 16.1 Å². The van der Waals surface area contributed by atoms with Gasteiger partial charge in [0.25, 0.3) is 0 Å². The van der Waals surface area contributed by atoms with E-state index in [0.29, 0.717) is 32.4 Å². The van der Waals surface area contributed by atoms with Crippen molar-refractivity contribution < 1.29 is 9.90 Å². The van der Waals surface area contributed by atoms with Gasteiger partial charge in [-0.15, -0.1) is 22.5 Å². The van der Waals surface area contributed by atoms with Crippen LogP contribution in [0, 0.1) is 18.3 Å². The molecule has 0 aliphatic carbocycles. The normalized spacial score (nSPS) is 18.9. The monoisotopic (exact) mass is 378 g/mol. The summed E-state index contributed by atoms with van der Waals surface area (Å²) in [6.07, 6.45) is 8.82. The molecule has 1 atom stereocenters. The van der Waals surface area contributed by atoms with Gasteiger partial charge in [-0.3, -0.25) is 4.79 Å². The molecule has 0 spiro atoms. The van der Waals surface area contributed by atoms with Crippen LogP contribution in [0.15, 0.2) is 34.5 Å². The molecule has 2 aliphatic heterocycles. The van der Waals surface area contributed by atoms with Gasteiger partial charge >= 0.3 is 0 Å². The molecule has 144 valence electrons. The lowest BCUT2D eigenvalue weighted by Crippen LogP contribution is -2.37. The number of carbonyl (C=O) groups is 1. The lowest BCUT2D eigenvalue weighted by Gasteiger charge is -2.24. The lowest BCUT2D eigenvalue weighted by molar-refractivity contribution is -0.125. The van der Waals surface area contributed by atoms with Gasteiger partial charge < -0.3 is 15.0 Å². The predicted molar refractivity (Wildman–Crippen MR) is 102 cm³/mol. The van der Waals surface area contributed by atoms with Gasteiger partial charge in [0.15, 0.2) is 11.5 Å². The molecule has 8 heteroatoms. The summed E-state index contributed by atoms with van der Waals surface area (Å²) in [6, 6.07) is 6.84. The number of nitrogens with zero attached hydrogens (tertiary/aromatic N) is 5. The summed E-state index contributed by atoms with van der Waals surface area (Å²) in [4.78, 5) is 12.7. The molecule has 0 saturated heterocycles. The summed E-state index contributed by atoms with van der Waals surface area (Å²) in [5, 5.41) is 29.2. The van der Waals surface area contributed by atoms with E-state index in [1.54, 1.807) is 24.3 Å². The maximum absolute atomic E-state index is 12.7. The van der Waals surface area contributed by atoms with E-state index in [9.17, 15) is 9.90 Å². The number of hydrogen-bond acceptors (Lipinski definition) is 6. The summed E-state index contributed by atoms with van der Waals surface area (Å²) in [5.74, 6) is 4.31. The zero-order valence-corrected chi connectivity index (χ0v) is 15.5. The zero-order valence-electron chi connectivity index (χ0n) is 15.5. The van der Waals surface area contributed by atoms with E-state index in [1.807, 2.05) is 4.57 Å². The van der Waals surface area contributed by atoms with Crippen molar-refractivity contribution in [2.75, 3.05) is 6.54 Å². The number of phenols is 1. The first-order chi connectivity index (χ1) is 13.6. The highest BCUT2D eigenvalue weighted by atomic mass is 16.3. The lowest BCUT2D eigenvalue weighted by atomic mass is 9.97. The minimum absolute atomic E-state index is 0.0313. The number of aromatic hydroxyl groups is 1. The number of amides is 1. The number of carbonyl (C=O) groups excluding carboxylic acids is 1. The third kappa shape index (κ3) is 3.74. The minimum atomic E-state index is -0.375. The molecule has 2 aromatic rings. The highest BCUT2D eigenvalue weighted by Gasteiger charge is 2.39. The molecule has 2 aliphatic rings. The van der Waals surface area contributed by atoms with Crippen LogP contribution in [-0.2, 0) is 17.8 Å². The van der Waals surface area contributed by atoms with Crippen molar-refractivity contribution in [1.29, 1.82) is 0 Å². The van der Waals surface area contributed by atoms with Gasteiger partial charge in [-0.2, -0.15) is 10.2 Å². The molecule has 0 saturated carbocycles. The van der Waals surface area contributed by atoms with Gasteiger partial charge in [0, 0.05) is 44.3 Å². The Morgan fingerprint density at radius 1 is 1.29 bits per heavy atom. The number of rotatable bonds is 7. The smallest absolute Gasteiger partial charge is 0.224 e. The molecular weight excluding hydrogens is 356 g/mol. The average Bonchev–Trinajstić information content (AvgIpc) is 3.35. The van der Waals surface area contributed by atoms with Gasteiger partial charge in [0.2, 0.25) is 5.91 Å². The number of hydrogen-bond donors (Lipinski definition) is 2. The molecular formula is C20H22N6O2. The second-order valence-electron chi connectivity index (χ2n) is 7.26. The van der Waals surface area contributed by atoms with E-state index in [1.165, 1.54) is 0 Å². The Labute approximate surface area is 163 Å². The minimum Gasteiger partial charge on any atom is -0.508 e. The van der Waals surface area contributed by atoms with E-state index in [2.05, 4.69) is 31.7 Å². The van der Waals surface area contributed by atoms with E-state index < -0.39 is 0 Å². The van der Waals surface area contributed by atoms with Crippen LogP contribution in [0.4, 0.5) is 0 Å². The number of fused-ring (bicyclic) bond motifs is 1. The van der Waals surface area contributed by atoms with Crippen molar-refractivity contribution in [3.05, 3.63) is 30.1 Å². The molecule has 1 aromatic carbocycles. The number of nitrogens with one attached hydrogen (secondary N) is 1. The Morgan fingerprint density at radius 2 is 2.07 bits per heavy atom. The van der Waals surface area contributed by atoms with Crippen LogP contribution in [0.2, 0.25) is 0 Å². The van der Waals surface area contributed by atoms with Crippen molar-refractivity contribution >= 4 is 5.91 Å². The Hall–Kier alpha value is -3.21. The van der Waals surface area contributed by atoms with Gasteiger partial charge in [-0.25, -0.2) is 0 Å². The number of phenolic OH excluding ortho intramolecular Hbond substituents is 1. The van der Waals surface area contributed by atoms with Crippen molar-refractivity contribution in [3.63, 3.8) is 0 Å². The molecule has 3 heterocycles. The van der Waals surface area contributed by atoms with E-state index >= 15 is 0 Å². The zero-order chi connectivity index (χ0) is 19.6. The molecule has 1 unspecified atom stereocenters. The first-order valence-electron chi connectivity index (χ1n) is 9.47. The van der Waals surface area contributed by atoms with Gasteiger partial charge in [-0.05, 0) is 30.7 Å². The number of benzene rings is 1. The maximum atomic E-state index is 12.7. The molecule has 0 radical (unpaired) electrons. The van der Waals surface area contributed by atoms with Crippen molar-refractivity contribution in [2.45, 2.75) is 44.3 Å². The molecule has 0 fully saturated rings. The molecule has 28 heavy (non-hydrogen) atoms. The highest BCUT2D eigenvalue weighted by molar-refractivity contribution is 5.78. The highest BCUT2D eigenvalue weighted by Crippen LogP contribution is 2.36. The molecule has 1 amide bonds. The third-order valence-corrected chi connectivity index (χ3v) is 5.32. The van der Waals surface area contributed by atoms with Crippen LogP contribution in [0.5, 0.6) is 5.75 Å². The van der Waals surface area contributed by atoms with E-state index in [0.717, 1.165) is 30.1 Å². The van der Waals surface area contributed by atoms with E-state index in [4.69, 9.17) is 6.42 Å². The topological polar surface area (TPSA) is 105 Å². The number of aromatic nitrogens is 3. The second-order valence-corrected chi connectivity index (χ2v) is 7.26. The Bertz CT molecular complexity index is 935. The summed E-state index contributed by atoms with van der Waals surface area (Å²) >= 11 is 0. The van der Waals surface area contributed by atoms with Crippen LogP contribution in [0.25, 0.3) is 11.4 Å². The summed E-state index contributed by atoms with van der Waals surface area (Å²) in [5.41, 5.74) is 0.490. The fraction of sp³-hybridized carbons (Fsp3) is 0.450. The van der Waals surface area contributed by atoms with Crippen LogP contribution < -0.4 is 5.32 Å². The Morgan fingerprint density at radius 3 is 2.79 bits per heavy atom. The molecule has 1 aromatic heterocycles. The third-order valence-electron chi connectivity index (χ3n) is 5.32. The molecule has 2 N–H and O–H groups in total. The van der Waals surface area contributed by atoms with Crippen LogP contribution >= 0.6 is 0 Å². The first kappa shape index (κ1) is 18.2. The van der Waals surface area contributed by atoms with Crippen LogP contribution in [-0.4, -0.2) is 38.0 Å². The quantitative estimate of drug-likeness (QED) is 0.721. The summed E-state index contributed by atoms with van der Waals surface area (Å²) < 4.78 is 2.00. The fourth-order valence-corrected chi connectivity index (χ4v) is 3.56. The van der Waals surface area contributed by atoms with Crippen LogP contribution in [0.3, 0.4) is 0 Å². The van der Waals surface area contributed by atoms with Gasteiger partial charge in [0.1, 0.15) is 11.6 Å². The van der Waals surface area contributed by atoms with Gasteiger partial charge in [-0.1, -0.05) is 0 Å². The Balaban J connectivity index is 1.36. The summed E-state index contributed by atoms with van der Waals surface area (Å²) in [7, 11) is 0. The largest absolute Gasteiger partial charge is 0.508 e. The SMILES string of the molecule is C#CCCC1(CCNC(=O)C2CCc3nnc(-c4ccc(O)cc4)n3C2)N=N1. The average molecular weight is 378 g/mol. The van der Waals surface area contributed by atoms with E-state index in [-0.39, 0.29) is 23.2 Å². The summed E-state index contributed by atoms with van der Waals surface area (Å²) in [6.45, 7) is 1.08. The van der Waals surface area contributed by atoms with Crippen molar-refractivity contribution in [1.82, 2.24) is 20.1 Å². The van der Waals surface area contributed by atoms with Crippen LogP contribution in [0.1, 0.15) is 31.5 Å². The fourth-order valence-electron chi connectivity index (χ4n) is 3.56. The Kier molecular flexibility index (Phi) is 4.82. The number of terminal acetylenes is 1. The van der Waals surface area contributed by atoms with Gasteiger partial charge in [0.05, 0.1) is 5.92 Å². The maximum Gasteiger partial charge on any atom is 0.224 e. The molecule has 4 rings (SSSR count). The first-order valence-corrected chi connectivity index (χ1v) is 9.47. The van der Waals surface area contributed by atoms with Crippen molar-refractivity contribution in [3.8, 4) is 29.5 Å². The number of aryl methyl sites for hydroxylation is 1. The predicted octanol–water partition coefficient (Wildman–Crippen LogP) is 2.29. The second kappa shape index (κ2) is 7.43. The standard InChI is InChI=1S/C20H22N6O2/c1-2-3-10-20(24-25-20)11-12-21-19(28)15-6-9-17-22-23-18(26(17)13-15)14-4-7-16(27)8-5-14/h1,4-5,7-8,15,27H,3,6,9-13H2,(H,21,28). The molecule has 0 bridgehead atoms. The molecule has 8 nitrogen and oxygen atoms in total.